The van der Waals surface area contributed by atoms with Crippen molar-refractivity contribution in [3.63, 3.8) is 0 Å². The van der Waals surface area contributed by atoms with Crippen molar-refractivity contribution in [2.75, 3.05) is 23.9 Å². The molecule has 0 amide bonds. The second kappa shape index (κ2) is 5.92. The van der Waals surface area contributed by atoms with Crippen molar-refractivity contribution in [2.24, 2.45) is 0 Å². The van der Waals surface area contributed by atoms with Gasteiger partial charge in [-0.05, 0) is 26.0 Å². The van der Waals surface area contributed by atoms with E-state index in [1.54, 1.807) is 26.0 Å². The van der Waals surface area contributed by atoms with Crippen LogP contribution in [0, 0.1) is 0 Å². The molecule has 0 aromatic heterocycles. The number of carbonyl (C=O) groups is 1. The van der Waals surface area contributed by atoms with Gasteiger partial charge in [0.05, 0.1) is 22.9 Å². The van der Waals surface area contributed by atoms with Crippen LogP contribution in [0.1, 0.15) is 13.8 Å². The van der Waals surface area contributed by atoms with Crippen LogP contribution in [0.5, 0.6) is 0 Å². The van der Waals surface area contributed by atoms with Gasteiger partial charge in [-0.3, -0.25) is 0 Å². The molecule has 1 aromatic carbocycles. The van der Waals surface area contributed by atoms with Crippen LogP contribution in [0.15, 0.2) is 23.1 Å². The first-order valence-electron chi connectivity index (χ1n) is 5.79. The second-order valence-corrected chi connectivity index (χ2v) is 6.09. The lowest BCUT2D eigenvalue weighted by molar-refractivity contribution is -0.143. The third kappa shape index (κ3) is 3.85. The zero-order valence-electron chi connectivity index (χ0n) is 11.1. The largest absolute Gasteiger partial charge is 0.464 e. The first kappa shape index (κ1) is 15.3. The minimum Gasteiger partial charge on any atom is -0.464 e. The lowest BCUT2D eigenvalue weighted by Crippen LogP contribution is -2.28. The number of rotatable bonds is 5. The molecule has 3 N–H and O–H groups in total. The van der Waals surface area contributed by atoms with Gasteiger partial charge in [-0.2, -0.15) is 0 Å². The maximum absolute atomic E-state index is 11.5. The lowest BCUT2D eigenvalue weighted by atomic mass is 10.2. The Morgan fingerprint density at radius 2 is 2.11 bits per heavy atom. The Morgan fingerprint density at radius 3 is 2.63 bits per heavy atom. The molecule has 7 heteroatoms. The predicted molar refractivity (Wildman–Crippen MR) is 73.7 cm³/mol. The number of nitrogen functional groups attached to an aromatic ring is 1. The van der Waals surface area contributed by atoms with Crippen LogP contribution in [0.25, 0.3) is 0 Å². The summed E-state index contributed by atoms with van der Waals surface area (Å²) in [5.41, 5.74) is 6.29. The van der Waals surface area contributed by atoms with Crippen molar-refractivity contribution in [3.05, 3.63) is 18.2 Å². The lowest BCUT2D eigenvalue weighted by Gasteiger charge is -2.16. The number of sulfone groups is 1. The zero-order valence-corrected chi connectivity index (χ0v) is 12.0. The standard InChI is InChI=1S/C12H18N2O4S/c1-4-18-12(15)8(2)14-9-6-5-7-10(11(9)13)19(3,16)17/h5-8,14H,4,13H2,1-3H3. The summed E-state index contributed by atoms with van der Waals surface area (Å²) in [7, 11) is -3.40. The summed E-state index contributed by atoms with van der Waals surface area (Å²) in [6.45, 7) is 3.61. The molecule has 0 bridgehead atoms. The number of hydrogen-bond acceptors (Lipinski definition) is 6. The highest BCUT2D eigenvalue weighted by Gasteiger charge is 2.18. The second-order valence-electron chi connectivity index (χ2n) is 4.11. The van der Waals surface area contributed by atoms with Gasteiger partial charge >= 0.3 is 5.97 Å². The quantitative estimate of drug-likeness (QED) is 0.620. The van der Waals surface area contributed by atoms with Crippen LogP contribution in [0.3, 0.4) is 0 Å². The zero-order chi connectivity index (χ0) is 14.6. The van der Waals surface area contributed by atoms with Crippen molar-refractivity contribution in [2.45, 2.75) is 24.8 Å². The van der Waals surface area contributed by atoms with E-state index in [0.717, 1.165) is 6.26 Å². The van der Waals surface area contributed by atoms with E-state index >= 15 is 0 Å². The summed E-state index contributed by atoms with van der Waals surface area (Å²) in [6.07, 6.45) is 1.08. The molecule has 0 heterocycles. The SMILES string of the molecule is CCOC(=O)C(C)Nc1cccc(S(C)(=O)=O)c1N. The molecular weight excluding hydrogens is 268 g/mol. The van der Waals surface area contributed by atoms with E-state index in [1.165, 1.54) is 6.07 Å². The van der Waals surface area contributed by atoms with E-state index in [2.05, 4.69) is 5.32 Å². The maximum Gasteiger partial charge on any atom is 0.328 e. The van der Waals surface area contributed by atoms with Crippen molar-refractivity contribution >= 4 is 27.2 Å². The average Bonchev–Trinajstić information content (AvgIpc) is 2.30. The molecule has 106 valence electrons. The summed E-state index contributed by atoms with van der Waals surface area (Å²) < 4.78 is 27.9. The van der Waals surface area contributed by atoms with Crippen LogP contribution in [-0.2, 0) is 19.4 Å². The molecule has 19 heavy (non-hydrogen) atoms. The number of anilines is 2. The number of esters is 1. The third-order valence-corrected chi connectivity index (χ3v) is 3.63. The number of carbonyl (C=O) groups excluding carboxylic acids is 1. The van der Waals surface area contributed by atoms with Crippen LogP contribution in [-0.4, -0.2) is 33.3 Å². The number of para-hydroxylation sites is 1. The highest BCUT2D eigenvalue weighted by molar-refractivity contribution is 7.90. The summed E-state index contributed by atoms with van der Waals surface area (Å²) in [6, 6.07) is 3.98. The maximum atomic E-state index is 11.5. The molecule has 1 rings (SSSR count). The Labute approximate surface area is 112 Å². The monoisotopic (exact) mass is 286 g/mol. The summed E-state index contributed by atoms with van der Waals surface area (Å²) in [5, 5.41) is 2.84. The molecule has 0 saturated heterocycles. The van der Waals surface area contributed by atoms with Crippen LogP contribution < -0.4 is 11.1 Å². The van der Waals surface area contributed by atoms with Gasteiger partial charge in [-0.1, -0.05) is 6.07 Å². The molecule has 6 nitrogen and oxygen atoms in total. The Kier molecular flexibility index (Phi) is 4.77. The molecule has 0 fully saturated rings. The summed E-state index contributed by atoms with van der Waals surface area (Å²) in [5.74, 6) is -0.424. The third-order valence-electron chi connectivity index (χ3n) is 2.48. The number of hydrogen-bond donors (Lipinski definition) is 2. The molecule has 0 radical (unpaired) electrons. The van der Waals surface area contributed by atoms with Crippen molar-refractivity contribution in [3.8, 4) is 0 Å². The van der Waals surface area contributed by atoms with Crippen LogP contribution in [0.2, 0.25) is 0 Å². The van der Waals surface area contributed by atoms with Crippen molar-refractivity contribution in [1.29, 1.82) is 0 Å². The topological polar surface area (TPSA) is 98.5 Å². The van der Waals surface area contributed by atoms with E-state index < -0.39 is 21.8 Å². The van der Waals surface area contributed by atoms with Gasteiger partial charge in [-0.25, -0.2) is 13.2 Å². The molecule has 0 aliphatic heterocycles. The van der Waals surface area contributed by atoms with E-state index in [-0.39, 0.29) is 17.2 Å². The van der Waals surface area contributed by atoms with Gasteiger partial charge in [-0.15, -0.1) is 0 Å². The van der Waals surface area contributed by atoms with Gasteiger partial charge in [0.1, 0.15) is 6.04 Å². The fourth-order valence-corrected chi connectivity index (χ4v) is 2.39. The Morgan fingerprint density at radius 1 is 1.47 bits per heavy atom. The Hall–Kier alpha value is -1.76. The highest BCUT2D eigenvalue weighted by atomic mass is 32.2. The van der Waals surface area contributed by atoms with E-state index in [9.17, 15) is 13.2 Å². The molecule has 1 aromatic rings. The van der Waals surface area contributed by atoms with E-state index in [0.29, 0.717) is 5.69 Å². The molecule has 1 atom stereocenters. The van der Waals surface area contributed by atoms with Crippen LogP contribution in [0.4, 0.5) is 11.4 Å². The molecule has 0 aliphatic rings. The minimum atomic E-state index is -3.40. The first-order chi connectivity index (χ1) is 8.77. The van der Waals surface area contributed by atoms with Crippen LogP contribution >= 0.6 is 0 Å². The normalized spacial score (nSPS) is 12.8. The van der Waals surface area contributed by atoms with Crippen molar-refractivity contribution < 1.29 is 17.9 Å². The number of nitrogens with one attached hydrogen (secondary N) is 1. The fraction of sp³-hybridized carbons (Fsp3) is 0.417. The van der Waals surface area contributed by atoms with E-state index in [4.69, 9.17) is 10.5 Å². The summed E-state index contributed by atoms with van der Waals surface area (Å²) in [4.78, 5) is 11.5. The fourth-order valence-electron chi connectivity index (χ4n) is 1.55. The number of ether oxygens (including phenoxy) is 1. The van der Waals surface area contributed by atoms with Crippen molar-refractivity contribution in [1.82, 2.24) is 0 Å². The Bertz CT molecular complexity index is 569. The first-order valence-corrected chi connectivity index (χ1v) is 7.68. The molecule has 0 aliphatic carbocycles. The van der Waals surface area contributed by atoms with Gasteiger partial charge in [0, 0.05) is 6.26 Å². The molecule has 1 unspecified atom stereocenters. The van der Waals surface area contributed by atoms with E-state index in [1.807, 2.05) is 0 Å². The molecule has 0 saturated carbocycles. The van der Waals surface area contributed by atoms with Gasteiger partial charge in [0.15, 0.2) is 9.84 Å². The minimum absolute atomic E-state index is 0.0357. The highest BCUT2D eigenvalue weighted by Crippen LogP contribution is 2.27. The van der Waals surface area contributed by atoms with Gasteiger partial charge in [0.2, 0.25) is 0 Å². The smallest absolute Gasteiger partial charge is 0.328 e. The molecule has 0 spiro atoms. The number of benzene rings is 1. The average molecular weight is 286 g/mol. The predicted octanol–water partition coefficient (Wildman–Crippen LogP) is 1.04. The number of nitrogens with two attached hydrogens (primary N) is 1. The Balaban J connectivity index is 3.01. The summed E-state index contributed by atoms with van der Waals surface area (Å²) >= 11 is 0. The van der Waals surface area contributed by atoms with Gasteiger partial charge in [0.25, 0.3) is 0 Å². The molecular formula is C12H18N2O4S. The van der Waals surface area contributed by atoms with Gasteiger partial charge < -0.3 is 15.8 Å².